The molecule has 0 unspecified atom stereocenters. The van der Waals surface area contributed by atoms with Crippen LogP contribution >= 0.6 is 0 Å². The summed E-state index contributed by atoms with van der Waals surface area (Å²) in [6, 6.07) is 0.420. The van der Waals surface area contributed by atoms with Crippen molar-refractivity contribution in [3.63, 3.8) is 0 Å². The molecule has 3 N–H and O–H groups in total. The molecule has 0 saturated heterocycles. The lowest BCUT2D eigenvalue weighted by molar-refractivity contribution is -0.120. The summed E-state index contributed by atoms with van der Waals surface area (Å²) in [5.41, 5.74) is 0. The van der Waals surface area contributed by atoms with Crippen molar-refractivity contribution >= 4 is 11.9 Å². The van der Waals surface area contributed by atoms with Crippen molar-refractivity contribution in [2.45, 2.75) is 57.0 Å². The molecule has 0 spiro atoms. The lowest BCUT2D eigenvalue weighted by atomic mass is 9.96. The molecular weight excluding hydrogens is 218 g/mol. The van der Waals surface area contributed by atoms with Gasteiger partial charge < -0.3 is 16.0 Å². The zero-order valence-corrected chi connectivity index (χ0v) is 10.1. The molecule has 0 heterocycles. The summed E-state index contributed by atoms with van der Waals surface area (Å²) in [5, 5.41) is 8.35. The third kappa shape index (κ3) is 4.63. The van der Waals surface area contributed by atoms with Crippen LogP contribution < -0.4 is 16.0 Å². The van der Waals surface area contributed by atoms with Crippen LogP contribution in [-0.2, 0) is 4.79 Å². The molecule has 17 heavy (non-hydrogen) atoms. The number of hydrogen-bond acceptors (Lipinski definition) is 2. The number of amides is 3. The summed E-state index contributed by atoms with van der Waals surface area (Å²) in [4.78, 5) is 22.9. The lowest BCUT2D eigenvalue weighted by Crippen LogP contribution is -2.46. The average Bonchev–Trinajstić information content (AvgIpc) is 3.12. The molecule has 5 nitrogen and oxygen atoms in total. The second kappa shape index (κ2) is 5.89. The Morgan fingerprint density at radius 3 is 2.18 bits per heavy atom. The first kappa shape index (κ1) is 12.2. The predicted molar refractivity (Wildman–Crippen MR) is 64.6 cm³/mol. The first-order valence-electron chi connectivity index (χ1n) is 6.58. The Balaban J connectivity index is 1.57. The van der Waals surface area contributed by atoms with Crippen LogP contribution in [0.1, 0.15) is 44.9 Å². The van der Waals surface area contributed by atoms with Crippen LogP contribution in [0.4, 0.5) is 4.79 Å². The largest absolute Gasteiger partial charge is 0.352 e. The normalized spacial score (nSPS) is 20.7. The zero-order valence-electron chi connectivity index (χ0n) is 10.1. The number of carbonyl (C=O) groups is 2. The van der Waals surface area contributed by atoms with Gasteiger partial charge in [-0.3, -0.25) is 4.79 Å². The van der Waals surface area contributed by atoms with Gasteiger partial charge in [0.25, 0.3) is 0 Å². The van der Waals surface area contributed by atoms with Crippen LogP contribution in [0.5, 0.6) is 0 Å². The van der Waals surface area contributed by atoms with Crippen LogP contribution in [0.15, 0.2) is 0 Å². The molecule has 2 rings (SSSR count). The van der Waals surface area contributed by atoms with Crippen molar-refractivity contribution < 1.29 is 9.59 Å². The molecule has 2 aliphatic carbocycles. The highest BCUT2D eigenvalue weighted by Crippen LogP contribution is 2.18. The highest BCUT2D eigenvalue weighted by molar-refractivity contribution is 5.84. The predicted octanol–water partition coefficient (Wildman–Crippen LogP) is 0.897. The second-order valence-electron chi connectivity index (χ2n) is 5.00. The molecule has 0 aliphatic heterocycles. The Kier molecular flexibility index (Phi) is 4.23. The average molecular weight is 239 g/mol. The summed E-state index contributed by atoms with van der Waals surface area (Å²) in [5.74, 6) is -0.0914. The van der Waals surface area contributed by atoms with Gasteiger partial charge in [-0.25, -0.2) is 4.79 Å². The first-order chi connectivity index (χ1) is 8.24. The van der Waals surface area contributed by atoms with Gasteiger partial charge >= 0.3 is 6.03 Å². The fourth-order valence-corrected chi connectivity index (χ4v) is 2.15. The van der Waals surface area contributed by atoms with Gasteiger partial charge in [0.15, 0.2) is 0 Å². The fourth-order valence-electron chi connectivity index (χ4n) is 2.15. The highest BCUT2D eigenvalue weighted by Gasteiger charge is 2.23. The van der Waals surface area contributed by atoms with E-state index in [1.165, 1.54) is 19.3 Å². The molecule has 96 valence electrons. The van der Waals surface area contributed by atoms with Gasteiger partial charge in [0.05, 0.1) is 6.54 Å². The number of carbonyl (C=O) groups excluding carboxylic acids is 2. The molecule has 2 saturated carbocycles. The fraction of sp³-hybridized carbons (Fsp3) is 0.833. The smallest absolute Gasteiger partial charge is 0.315 e. The quantitative estimate of drug-likeness (QED) is 0.682. The van der Waals surface area contributed by atoms with Crippen molar-refractivity contribution in [2.75, 3.05) is 6.54 Å². The van der Waals surface area contributed by atoms with E-state index in [4.69, 9.17) is 0 Å². The molecule has 0 radical (unpaired) electrons. The van der Waals surface area contributed by atoms with Crippen LogP contribution in [0.3, 0.4) is 0 Å². The molecule has 0 bridgehead atoms. The van der Waals surface area contributed by atoms with Crippen LogP contribution in [0.2, 0.25) is 0 Å². The summed E-state index contributed by atoms with van der Waals surface area (Å²) in [6.45, 7) is 0.0784. The Hall–Kier alpha value is -1.26. The summed E-state index contributed by atoms with van der Waals surface area (Å²) in [7, 11) is 0. The highest BCUT2D eigenvalue weighted by atomic mass is 16.2. The standard InChI is InChI=1S/C12H21N3O2/c16-11(14-10-6-7-10)8-13-12(17)15-9-4-2-1-3-5-9/h9-10H,1-8H2,(H,14,16)(H2,13,15,17). The zero-order chi connectivity index (χ0) is 12.1. The molecule has 3 amide bonds. The summed E-state index contributed by atoms with van der Waals surface area (Å²) < 4.78 is 0. The van der Waals surface area contributed by atoms with Crippen LogP contribution in [0.25, 0.3) is 0 Å². The molecule has 2 fully saturated rings. The van der Waals surface area contributed by atoms with Gasteiger partial charge in [-0.1, -0.05) is 19.3 Å². The number of rotatable bonds is 4. The Bertz CT molecular complexity index is 283. The summed E-state index contributed by atoms with van der Waals surface area (Å²) >= 11 is 0. The van der Waals surface area contributed by atoms with E-state index < -0.39 is 0 Å². The number of urea groups is 1. The third-order valence-corrected chi connectivity index (χ3v) is 3.29. The molecular formula is C12H21N3O2. The minimum Gasteiger partial charge on any atom is -0.352 e. The van der Waals surface area contributed by atoms with E-state index in [0.717, 1.165) is 25.7 Å². The van der Waals surface area contributed by atoms with Crippen molar-refractivity contribution in [1.82, 2.24) is 16.0 Å². The van der Waals surface area contributed by atoms with Gasteiger partial charge in [-0.2, -0.15) is 0 Å². The number of nitrogens with one attached hydrogen (secondary N) is 3. The Labute approximate surface area is 102 Å². The Morgan fingerprint density at radius 2 is 1.53 bits per heavy atom. The van der Waals surface area contributed by atoms with Crippen LogP contribution in [0, 0.1) is 0 Å². The van der Waals surface area contributed by atoms with Gasteiger partial charge in [-0.15, -0.1) is 0 Å². The number of hydrogen-bond donors (Lipinski definition) is 3. The molecule has 0 atom stereocenters. The maximum absolute atomic E-state index is 11.5. The molecule has 0 aromatic carbocycles. The van der Waals surface area contributed by atoms with E-state index >= 15 is 0 Å². The van der Waals surface area contributed by atoms with E-state index in [-0.39, 0.29) is 24.5 Å². The molecule has 2 aliphatic rings. The van der Waals surface area contributed by atoms with E-state index in [2.05, 4.69) is 16.0 Å². The first-order valence-corrected chi connectivity index (χ1v) is 6.58. The van der Waals surface area contributed by atoms with Gasteiger partial charge in [0, 0.05) is 12.1 Å². The summed E-state index contributed by atoms with van der Waals surface area (Å²) in [6.07, 6.45) is 7.90. The maximum atomic E-state index is 11.5. The topological polar surface area (TPSA) is 70.2 Å². The molecule has 0 aromatic rings. The SMILES string of the molecule is O=C(CNC(=O)NC1CCCCC1)NC1CC1. The monoisotopic (exact) mass is 239 g/mol. The van der Waals surface area contributed by atoms with Crippen molar-refractivity contribution in [3.8, 4) is 0 Å². The van der Waals surface area contributed by atoms with Crippen molar-refractivity contribution in [2.24, 2.45) is 0 Å². The van der Waals surface area contributed by atoms with Gasteiger partial charge in [0.1, 0.15) is 0 Å². The van der Waals surface area contributed by atoms with E-state index in [9.17, 15) is 9.59 Å². The lowest BCUT2D eigenvalue weighted by Gasteiger charge is -2.22. The Morgan fingerprint density at radius 1 is 0.882 bits per heavy atom. The van der Waals surface area contributed by atoms with E-state index in [1.54, 1.807) is 0 Å². The minimum atomic E-state index is -0.220. The maximum Gasteiger partial charge on any atom is 0.315 e. The van der Waals surface area contributed by atoms with Crippen LogP contribution in [-0.4, -0.2) is 30.6 Å². The van der Waals surface area contributed by atoms with E-state index in [1.807, 2.05) is 0 Å². The third-order valence-electron chi connectivity index (χ3n) is 3.29. The van der Waals surface area contributed by atoms with E-state index in [0.29, 0.717) is 6.04 Å². The molecule has 0 aromatic heterocycles. The van der Waals surface area contributed by atoms with Gasteiger partial charge in [0.2, 0.25) is 5.91 Å². The second-order valence-corrected chi connectivity index (χ2v) is 5.00. The van der Waals surface area contributed by atoms with Gasteiger partial charge in [-0.05, 0) is 25.7 Å². The molecule has 5 heteroatoms. The van der Waals surface area contributed by atoms with Crippen molar-refractivity contribution in [3.05, 3.63) is 0 Å². The minimum absolute atomic E-state index is 0.0784. The van der Waals surface area contributed by atoms with Crippen molar-refractivity contribution in [1.29, 1.82) is 0 Å².